The van der Waals surface area contributed by atoms with Gasteiger partial charge in [-0.15, -0.1) is 0 Å². The predicted octanol–water partition coefficient (Wildman–Crippen LogP) is 1.94. The minimum Gasteiger partial charge on any atom is -0.504 e. The van der Waals surface area contributed by atoms with E-state index in [0.29, 0.717) is 22.7 Å². The zero-order valence-corrected chi connectivity index (χ0v) is 11.2. The number of amides is 1. The Balaban J connectivity index is 2.30. The first kappa shape index (κ1) is 13.7. The average Bonchev–Trinajstić information content (AvgIpc) is 2.42. The zero-order chi connectivity index (χ0) is 14.7. The van der Waals surface area contributed by atoms with E-state index in [4.69, 9.17) is 10.5 Å². The van der Waals surface area contributed by atoms with Gasteiger partial charge in [0.2, 0.25) is 0 Å². The van der Waals surface area contributed by atoms with Crippen LogP contribution in [-0.2, 0) is 0 Å². The molecule has 0 aliphatic carbocycles. The van der Waals surface area contributed by atoms with Crippen LogP contribution >= 0.6 is 0 Å². The van der Waals surface area contributed by atoms with E-state index in [1.54, 1.807) is 31.2 Å². The van der Waals surface area contributed by atoms with Gasteiger partial charge in [0.05, 0.1) is 12.7 Å². The van der Waals surface area contributed by atoms with Gasteiger partial charge in [-0.25, -0.2) is 4.98 Å². The second-order valence-corrected chi connectivity index (χ2v) is 4.23. The Labute approximate surface area is 116 Å². The lowest BCUT2D eigenvalue weighted by molar-refractivity contribution is 0.102. The summed E-state index contributed by atoms with van der Waals surface area (Å²) in [6, 6.07) is 7.82. The number of anilines is 2. The highest BCUT2D eigenvalue weighted by molar-refractivity contribution is 6.06. The Bertz CT molecular complexity index is 656. The fourth-order valence-corrected chi connectivity index (χ4v) is 1.71. The highest BCUT2D eigenvalue weighted by atomic mass is 16.5. The number of carbonyl (C=O) groups is 1. The van der Waals surface area contributed by atoms with Gasteiger partial charge < -0.3 is 20.9 Å². The van der Waals surface area contributed by atoms with Crippen LogP contribution in [0.5, 0.6) is 11.5 Å². The highest BCUT2D eigenvalue weighted by Gasteiger charge is 2.15. The maximum atomic E-state index is 12.2. The molecule has 0 saturated carbocycles. The van der Waals surface area contributed by atoms with Gasteiger partial charge in [0.15, 0.2) is 11.6 Å². The minimum absolute atomic E-state index is 0.0987. The van der Waals surface area contributed by atoms with Crippen molar-refractivity contribution < 1.29 is 14.6 Å². The smallest absolute Gasteiger partial charge is 0.260 e. The second-order valence-electron chi connectivity index (χ2n) is 4.23. The summed E-state index contributed by atoms with van der Waals surface area (Å²) in [5.74, 6) is -0.0721. The SMILES string of the molecule is COc1cc(N)ccc1C(=O)Nc1nc(C)ccc1O. The van der Waals surface area contributed by atoms with E-state index in [0.717, 1.165) is 0 Å². The number of hydrogen-bond acceptors (Lipinski definition) is 5. The standard InChI is InChI=1S/C14H15N3O3/c1-8-3-6-11(18)13(16-8)17-14(19)10-5-4-9(15)7-12(10)20-2/h3-7,18H,15H2,1-2H3,(H,16,17,19). The van der Waals surface area contributed by atoms with Gasteiger partial charge in [-0.1, -0.05) is 0 Å². The van der Waals surface area contributed by atoms with Gasteiger partial charge in [-0.2, -0.15) is 0 Å². The van der Waals surface area contributed by atoms with Crippen molar-refractivity contribution in [2.75, 3.05) is 18.2 Å². The van der Waals surface area contributed by atoms with Crippen molar-refractivity contribution in [1.29, 1.82) is 0 Å². The fraction of sp³-hybridized carbons (Fsp3) is 0.143. The third-order valence-corrected chi connectivity index (χ3v) is 2.72. The molecule has 20 heavy (non-hydrogen) atoms. The summed E-state index contributed by atoms with van der Waals surface area (Å²) in [4.78, 5) is 16.2. The number of aryl methyl sites for hydroxylation is 1. The van der Waals surface area contributed by atoms with Crippen molar-refractivity contribution in [1.82, 2.24) is 4.98 Å². The van der Waals surface area contributed by atoms with Gasteiger partial charge in [0.25, 0.3) is 5.91 Å². The molecule has 6 heteroatoms. The summed E-state index contributed by atoms with van der Waals surface area (Å²) in [5, 5.41) is 12.2. The van der Waals surface area contributed by atoms with Crippen molar-refractivity contribution in [3.05, 3.63) is 41.6 Å². The number of nitrogen functional groups attached to an aromatic ring is 1. The fourth-order valence-electron chi connectivity index (χ4n) is 1.71. The Morgan fingerprint density at radius 2 is 2.10 bits per heavy atom. The Kier molecular flexibility index (Phi) is 3.74. The van der Waals surface area contributed by atoms with Crippen molar-refractivity contribution in [3.63, 3.8) is 0 Å². The molecule has 0 unspecified atom stereocenters. The molecule has 0 bridgehead atoms. The van der Waals surface area contributed by atoms with Crippen LogP contribution in [0.1, 0.15) is 16.1 Å². The molecule has 4 N–H and O–H groups in total. The van der Waals surface area contributed by atoms with E-state index in [9.17, 15) is 9.90 Å². The summed E-state index contributed by atoms with van der Waals surface area (Å²) in [6.45, 7) is 1.76. The van der Waals surface area contributed by atoms with Gasteiger partial charge in [0.1, 0.15) is 5.75 Å². The number of aromatic nitrogens is 1. The molecule has 104 valence electrons. The van der Waals surface area contributed by atoms with E-state index in [1.165, 1.54) is 13.2 Å². The van der Waals surface area contributed by atoms with Crippen molar-refractivity contribution in [2.24, 2.45) is 0 Å². The van der Waals surface area contributed by atoms with Crippen LogP contribution in [0, 0.1) is 6.92 Å². The summed E-state index contributed by atoms with van der Waals surface area (Å²) in [7, 11) is 1.45. The first-order chi connectivity index (χ1) is 9.51. The van der Waals surface area contributed by atoms with Gasteiger partial charge in [-0.3, -0.25) is 4.79 Å². The number of pyridine rings is 1. The van der Waals surface area contributed by atoms with Crippen molar-refractivity contribution in [3.8, 4) is 11.5 Å². The molecule has 1 amide bonds. The second kappa shape index (κ2) is 5.48. The van der Waals surface area contributed by atoms with Crippen LogP contribution < -0.4 is 15.8 Å². The van der Waals surface area contributed by atoms with Gasteiger partial charge >= 0.3 is 0 Å². The van der Waals surface area contributed by atoms with E-state index in [1.807, 2.05) is 0 Å². The molecule has 2 rings (SSSR count). The van der Waals surface area contributed by atoms with Crippen LogP contribution in [-0.4, -0.2) is 23.1 Å². The summed E-state index contributed by atoms with van der Waals surface area (Å²) in [5.41, 5.74) is 7.12. The number of aromatic hydroxyl groups is 1. The molecule has 0 fully saturated rings. The van der Waals surface area contributed by atoms with Crippen LogP contribution in [0.25, 0.3) is 0 Å². The first-order valence-corrected chi connectivity index (χ1v) is 5.92. The average molecular weight is 273 g/mol. The molecular weight excluding hydrogens is 258 g/mol. The molecule has 0 aliphatic heterocycles. The molecule has 0 aliphatic rings. The van der Waals surface area contributed by atoms with Gasteiger partial charge in [-0.05, 0) is 31.2 Å². The lowest BCUT2D eigenvalue weighted by Gasteiger charge is -2.10. The molecule has 0 spiro atoms. The molecule has 1 aromatic carbocycles. The maximum Gasteiger partial charge on any atom is 0.260 e. The Morgan fingerprint density at radius 1 is 1.35 bits per heavy atom. The molecule has 6 nitrogen and oxygen atoms in total. The lowest BCUT2D eigenvalue weighted by atomic mass is 10.1. The van der Waals surface area contributed by atoms with Crippen LogP contribution in [0.15, 0.2) is 30.3 Å². The number of carbonyl (C=O) groups excluding carboxylic acids is 1. The van der Waals surface area contributed by atoms with Crippen molar-refractivity contribution >= 4 is 17.4 Å². The van der Waals surface area contributed by atoms with E-state index >= 15 is 0 Å². The summed E-state index contributed by atoms with van der Waals surface area (Å²) < 4.78 is 5.12. The molecule has 0 saturated heterocycles. The number of hydrogen-bond donors (Lipinski definition) is 3. The molecule has 0 atom stereocenters. The number of nitrogens with two attached hydrogens (primary N) is 1. The monoisotopic (exact) mass is 273 g/mol. The van der Waals surface area contributed by atoms with E-state index < -0.39 is 5.91 Å². The van der Waals surface area contributed by atoms with Crippen LogP contribution in [0.3, 0.4) is 0 Å². The third-order valence-electron chi connectivity index (χ3n) is 2.72. The number of rotatable bonds is 3. The number of methoxy groups -OCH3 is 1. The maximum absolute atomic E-state index is 12.2. The Hall–Kier alpha value is -2.76. The largest absolute Gasteiger partial charge is 0.504 e. The summed E-state index contributed by atoms with van der Waals surface area (Å²) in [6.07, 6.45) is 0. The number of ether oxygens (including phenoxy) is 1. The molecule has 0 radical (unpaired) electrons. The quantitative estimate of drug-likeness (QED) is 0.742. The molecule has 2 aromatic rings. The molecule has 1 aromatic heterocycles. The Morgan fingerprint density at radius 3 is 2.80 bits per heavy atom. The summed E-state index contributed by atoms with van der Waals surface area (Å²) >= 11 is 0. The molecular formula is C14H15N3O3. The normalized spacial score (nSPS) is 10.1. The minimum atomic E-state index is -0.435. The van der Waals surface area contributed by atoms with E-state index in [2.05, 4.69) is 10.3 Å². The third kappa shape index (κ3) is 2.80. The molecule has 1 heterocycles. The van der Waals surface area contributed by atoms with Crippen molar-refractivity contribution in [2.45, 2.75) is 6.92 Å². The number of nitrogens with one attached hydrogen (secondary N) is 1. The number of benzene rings is 1. The van der Waals surface area contributed by atoms with Crippen LogP contribution in [0.4, 0.5) is 11.5 Å². The van der Waals surface area contributed by atoms with Crippen LogP contribution in [0.2, 0.25) is 0 Å². The predicted molar refractivity (Wildman–Crippen MR) is 76.0 cm³/mol. The highest BCUT2D eigenvalue weighted by Crippen LogP contribution is 2.25. The topological polar surface area (TPSA) is 97.5 Å². The lowest BCUT2D eigenvalue weighted by Crippen LogP contribution is -2.14. The zero-order valence-electron chi connectivity index (χ0n) is 11.2. The van der Waals surface area contributed by atoms with Gasteiger partial charge in [0, 0.05) is 17.4 Å². The van der Waals surface area contributed by atoms with E-state index in [-0.39, 0.29) is 11.6 Å². The first-order valence-electron chi connectivity index (χ1n) is 5.92. The number of nitrogens with zero attached hydrogens (tertiary/aromatic N) is 1.